The average molecular weight is 393 g/mol. The maximum Gasteiger partial charge on any atom is 0.242 e. The first-order valence-corrected chi connectivity index (χ1v) is 10.3. The molecule has 4 rings (SSSR count). The number of amides is 1. The van der Waals surface area contributed by atoms with Crippen LogP contribution in [-0.4, -0.2) is 39.5 Å². The smallest absolute Gasteiger partial charge is 0.242 e. The summed E-state index contributed by atoms with van der Waals surface area (Å²) in [6.45, 7) is 4.19. The topological polar surface area (TPSA) is 73.4 Å². The van der Waals surface area contributed by atoms with Crippen molar-refractivity contribution >= 4 is 16.9 Å². The van der Waals surface area contributed by atoms with E-state index in [4.69, 9.17) is 15.5 Å². The third-order valence-corrected chi connectivity index (χ3v) is 5.77. The zero-order chi connectivity index (χ0) is 20.2. The molecule has 2 N–H and O–H groups in total. The third-order valence-electron chi connectivity index (χ3n) is 5.77. The molecule has 3 aromatic rings. The van der Waals surface area contributed by atoms with E-state index in [0.29, 0.717) is 12.5 Å². The maximum absolute atomic E-state index is 13.0. The number of para-hydroxylation sites is 3. The number of piperidine rings is 1. The van der Waals surface area contributed by atoms with Crippen LogP contribution >= 0.6 is 0 Å². The quantitative estimate of drug-likeness (QED) is 0.699. The highest BCUT2D eigenvalue weighted by Crippen LogP contribution is 2.22. The molecule has 2 aromatic carbocycles. The Morgan fingerprint density at radius 1 is 1.14 bits per heavy atom. The molecule has 1 amide bonds. The van der Waals surface area contributed by atoms with Gasteiger partial charge in [0.15, 0.2) is 0 Å². The van der Waals surface area contributed by atoms with Gasteiger partial charge in [-0.25, -0.2) is 4.98 Å². The first-order chi connectivity index (χ1) is 14.1. The predicted octanol–water partition coefficient (Wildman–Crippen LogP) is 3.20. The van der Waals surface area contributed by atoms with Crippen LogP contribution in [0.25, 0.3) is 11.0 Å². The highest BCUT2D eigenvalue weighted by Gasteiger charge is 2.25. The number of imidazole rings is 1. The summed E-state index contributed by atoms with van der Waals surface area (Å²) < 4.78 is 7.89. The van der Waals surface area contributed by atoms with E-state index in [1.165, 1.54) is 0 Å². The fourth-order valence-corrected chi connectivity index (χ4v) is 3.99. The van der Waals surface area contributed by atoms with Gasteiger partial charge in [-0.3, -0.25) is 4.79 Å². The number of likely N-dealkylation sites (tertiary alicyclic amines) is 1. The van der Waals surface area contributed by atoms with Gasteiger partial charge in [0.05, 0.1) is 11.0 Å². The fourth-order valence-electron chi connectivity index (χ4n) is 3.99. The molecule has 1 aromatic heterocycles. The lowest BCUT2D eigenvalue weighted by Crippen LogP contribution is -2.43. The normalized spacial score (nSPS) is 16.1. The van der Waals surface area contributed by atoms with E-state index in [-0.39, 0.29) is 18.5 Å². The number of aromatic nitrogens is 2. The van der Waals surface area contributed by atoms with Crippen molar-refractivity contribution in [3.05, 3.63) is 60.4 Å². The molecule has 0 saturated carbocycles. The SMILES string of the molecule is CC(N)C1CCN(C(=O)Cn2c(COc3ccccc3)nc3ccccc32)CC1. The maximum atomic E-state index is 13.0. The minimum absolute atomic E-state index is 0.122. The summed E-state index contributed by atoms with van der Waals surface area (Å²) in [5, 5.41) is 0. The molecular weight excluding hydrogens is 364 g/mol. The minimum atomic E-state index is 0.122. The highest BCUT2D eigenvalue weighted by molar-refractivity contribution is 5.81. The minimum Gasteiger partial charge on any atom is -0.486 e. The van der Waals surface area contributed by atoms with Gasteiger partial charge >= 0.3 is 0 Å². The standard InChI is InChI=1S/C23H28N4O2/c1-17(24)18-11-13-26(14-12-18)23(28)15-27-21-10-6-5-9-20(21)25-22(27)16-29-19-7-3-2-4-8-19/h2-10,17-18H,11-16,24H2,1H3. The number of benzene rings is 2. The van der Waals surface area contributed by atoms with Gasteiger partial charge in [-0.2, -0.15) is 0 Å². The lowest BCUT2D eigenvalue weighted by molar-refractivity contribution is -0.133. The van der Waals surface area contributed by atoms with Crippen LogP contribution in [0.1, 0.15) is 25.6 Å². The molecule has 6 heteroatoms. The van der Waals surface area contributed by atoms with Crippen LogP contribution in [0.3, 0.4) is 0 Å². The summed E-state index contributed by atoms with van der Waals surface area (Å²) in [6, 6.07) is 17.8. The Morgan fingerprint density at radius 2 is 1.83 bits per heavy atom. The number of carbonyl (C=O) groups excluding carboxylic acids is 1. The molecular formula is C23H28N4O2. The molecule has 1 unspecified atom stereocenters. The van der Waals surface area contributed by atoms with Gasteiger partial charge in [-0.15, -0.1) is 0 Å². The monoisotopic (exact) mass is 392 g/mol. The number of rotatable bonds is 6. The third kappa shape index (κ3) is 4.43. The van der Waals surface area contributed by atoms with Crippen molar-refractivity contribution in [2.24, 2.45) is 11.7 Å². The van der Waals surface area contributed by atoms with Gasteiger partial charge in [0.1, 0.15) is 24.7 Å². The second kappa shape index (κ2) is 8.66. The average Bonchev–Trinajstić information content (AvgIpc) is 3.10. The zero-order valence-electron chi connectivity index (χ0n) is 16.8. The van der Waals surface area contributed by atoms with Gasteiger partial charge in [-0.05, 0) is 49.9 Å². The van der Waals surface area contributed by atoms with Crippen molar-refractivity contribution in [1.29, 1.82) is 0 Å². The molecule has 1 saturated heterocycles. The molecule has 29 heavy (non-hydrogen) atoms. The van der Waals surface area contributed by atoms with Gasteiger partial charge in [0, 0.05) is 19.1 Å². The van der Waals surface area contributed by atoms with E-state index in [1.54, 1.807) is 0 Å². The molecule has 1 aliphatic rings. The summed E-state index contributed by atoms with van der Waals surface area (Å²) in [4.78, 5) is 19.7. The van der Waals surface area contributed by atoms with Crippen molar-refractivity contribution in [2.75, 3.05) is 13.1 Å². The van der Waals surface area contributed by atoms with Crippen molar-refractivity contribution in [3.8, 4) is 5.75 Å². The van der Waals surface area contributed by atoms with Crippen LogP contribution in [0.4, 0.5) is 0 Å². The summed E-state index contributed by atoms with van der Waals surface area (Å²) >= 11 is 0. The fraction of sp³-hybridized carbons (Fsp3) is 0.391. The first-order valence-electron chi connectivity index (χ1n) is 10.3. The number of carbonyl (C=O) groups is 1. The Bertz CT molecular complexity index is 959. The number of hydrogen-bond donors (Lipinski definition) is 1. The van der Waals surface area contributed by atoms with Gasteiger partial charge in [-0.1, -0.05) is 30.3 Å². The Labute approximate surface area is 171 Å². The van der Waals surface area contributed by atoms with Gasteiger partial charge in [0.2, 0.25) is 5.91 Å². The van der Waals surface area contributed by atoms with E-state index >= 15 is 0 Å². The van der Waals surface area contributed by atoms with Crippen LogP contribution in [0.5, 0.6) is 5.75 Å². The van der Waals surface area contributed by atoms with Crippen molar-refractivity contribution in [2.45, 2.75) is 39.0 Å². The Balaban J connectivity index is 1.50. The summed E-state index contributed by atoms with van der Waals surface area (Å²) in [7, 11) is 0. The van der Waals surface area contributed by atoms with Crippen molar-refractivity contribution < 1.29 is 9.53 Å². The summed E-state index contributed by atoms with van der Waals surface area (Å²) in [5.74, 6) is 2.17. The van der Waals surface area contributed by atoms with Crippen LogP contribution < -0.4 is 10.5 Å². The Hall–Kier alpha value is -2.86. The first kappa shape index (κ1) is 19.5. The molecule has 0 radical (unpaired) electrons. The van der Waals surface area contributed by atoms with E-state index in [0.717, 1.165) is 48.5 Å². The van der Waals surface area contributed by atoms with Crippen LogP contribution in [-0.2, 0) is 17.9 Å². The molecule has 2 heterocycles. The molecule has 0 bridgehead atoms. The van der Waals surface area contributed by atoms with Gasteiger partial charge < -0.3 is 19.9 Å². The second-order valence-corrected chi connectivity index (χ2v) is 7.78. The molecule has 1 fully saturated rings. The molecule has 1 atom stereocenters. The molecule has 0 spiro atoms. The molecule has 0 aliphatic carbocycles. The predicted molar refractivity (Wildman–Crippen MR) is 113 cm³/mol. The van der Waals surface area contributed by atoms with Crippen molar-refractivity contribution in [3.63, 3.8) is 0 Å². The largest absolute Gasteiger partial charge is 0.486 e. The summed E-state index contributed by atoms with van der Waals surface area (Å²) in [5.41, 5.74) is 7.87. The van der Waals surface area contributed by atoms with Crippen LogP contribution in [0.2, 0.25) is 0 Å². The number of hydrogen-bond acceptors (Lipinski definition) is 4. The van der Waals surface area contributed by atoms with Gasteiger partial charge in [0.25, 0.3) is 0 Å². The van der Waals surface area contributed by atoms with Crippen LogP contribution in [0.15, 0.2) is 54.6 Å². The molecule has 6 nitrogen and oxygen atoms in total. The molecule has 1 aliphatic heterocycles. The van der Waals surface area contributed by atoms with E-state index in [9.17, 15) is 4.79 Å². The number of fused-ring (bicyclic) bond motifs is 1. The van der Waals surface area contributed by atoms with Crippen LogP contribution in [0, 0.1) is 5.92 Å². The second-order valence-electron chi connectivity index (χ2n) is 7.78. The Morgan fingerprint density at radius 3 is 2.55 bits per heavy atom. The van der Waals surface area contributed by atoms with E-state index in [2.05, 4.69) is 6.92 Å². The molecule has 152 valence electrons. The number of nitrogens with zero attached hydrogens (tertiary/aromatic N) is 3. The number of ether oxygens (including phenoxy) is 1. The van der Waals surface area contributed by atoms with E-state index < -0.39 is 0 Å². The van der Waals surface area contributed by atoms with Crippen molar-refractivity contribution in [1.82, 2.24) is 14.5 Å². The lowest BCUT2D eigenvalue weighted by atomic mass is 9.91. The lowest BCUT2D eigenvalue weighted by Gasteiger charge is -2.34. The highest BCUT2D eigenvalue weighted by atomic mass is 16.5. The van der Waals surface area contributed by atoms with E-state index in [1.807, 2.05) is 64.1 Å². The Kier molecular flexibility index (Phi) is 5.81. The summed E-state index contributed by atoms with van der Waals surface area (Å²) in [6.07, 6.45) is 1.94. The zero-order valence-corrected chi connectivity index (χ0v) is 16.8. The number of nitrogens with two attached hydrogens (primary N) is 1.